The Balaban J connectivity index is 0.00000144. The van der Waals surface area contributed by atoms with Crippen molar-refractivity contribution in [1.29, 1.82) is 0 Å². The molecule has 1 unspecified atom stereocenters. The van der Waals surface area contributed by atoms with Crippen LogP contribution in [-0.2, 0) is 19.4 Å². The summed E-state index contributed by atoms with van der Waals surface area (Å²) >= 11 is 0. The van der Waals surface area contributed by atoms with Crippen molar-refractivity contribution in [1.82, 2.24) is 15.3 Å². The number of aromatic nitrogens is 2. The maximum Gasteiger partial charge on any atom is 0.254 e. The zero-order valence-corrected chi connectivity index (χ0v) is 11.2. The van der Waals surface area contributed by atoms with E-state index in [0.717, 1.165) is 49.4 Å². The first-order valence-corrected chi connectivity index (χ1v) is 6.02. The molecule has 2 N–H and O–H groups in total. The van der Waals surface area contributed by atoms with Crippen molar-refractivity contribution in [2.45, 2.75) is 39.7 Å². The molecule has 17 heavy (non-hydrogen) atoms. The molecule has 0 fully saturated rings. The SMILES string of the molecule is CCC(C)Cc1nc2c(c(=O)[nH]1)CCNC2.Cl. The minimum atomic E-state index is 0. The van der Waals surface area contributed by atoms with E-state index in [9.17, 15) is 4.79 Å². The zero-order valence-electron chi connectivity index (χ0n) is 10.4. The van der Waals surface area contributed by atoms with E-state index < -0.39 is 0 Å². The lowest BCUT2D eigenvalue weighted by atomic mass is 10.0. The minimum absolute atomic E-state index is 0. The van der Waals surface area contributed by atoms with Gasteiger partial charge in [0.15, 0.2) is 0 Å². The summed E-state index contributed by atoms with van der Waals surface area (Å²) in [5, 5.41) is 3.25. The van der Waals surface area contributed by atoms with E-state index in [1.54, 1.807) is 0 Å². The van der Waals surface area contributed by atoms with Gasteiger partial charge < -0.3 is 10.3 Å². The number of rotatable bonds is 3. The topological polar surface area (TPSA) is 57.8 Å². The molecule has 96 valence electrons. The highest BCUT2D eigenvalue weighted by Crippen LogP contribution is 2.10. The molecule has 4 nitrogen and oxygen atoms in total. The summed E-state index contributed by atoms with van der Waals surface area (Å²) in [4.78, 5) is 19.3. The smallest absolute Gasteiger partial charge is 0.254 e. The van der Waals surface area contributed by atoms with Gasteiger partial charge in [-0.1, -0.05) is 20.3 Å². The lowest BCUT2D eigenvalue weighted by molar-refractivity contribution is 0.533. The van der Waals surface area contributed by atoms with E-state index in [1.807, 2.05) is 0 Å². The average Bonchev–Trinajstić information content (AvgIpc) is 2.29. The molecule has 1 aromatic heterocycles. The highest BCUT2D eigenvalue weighted by atomic mass is 35.5. The Bertz CT molecular complexity index is 430. The summed E-state index contributed by atoms with van der Waals surface area (Å²) in [5.41, 5.74) is 1.87. The number of hydrogen-bond donors (Lipinski definition) is 2. The van der Waals surface area contributed by atoms with Crippen molar-refractivity contribution < 1.29 is 0 Å². The van der Waals surface area contributed by atoms with Crippen LogP contribution in [0.15, 0.2) is 4.79 Å². The molecule has 1 aromatic rings. The third kappa shape index (κ3) is 3.30. The summed E-state index contributed by atoms with van der Waals surface area (Å²) in [6.45, 7) is 5.94. The number of fused-ring (bicyclic) bond motifs is 1. The van der Waals surface area contributed by atoms with Crippen molar-refractivity contribution in [3.63, 3.8) is 0 Å². The summed E-state index contributed by atoms with van der Waals surface area (Å²) in [7, 11) is 0. The molecule has 2 heterocycles. The summed E-state index contributed by atoms with van der Waals surface area (Å²) in [6.07, 6.45) is 2.76. The van der Waals surface area contributed by atoms with E-state index in [1.165, 1.54) is 0 Å². The van der Waals surface area contributed by atoms with Gasteiger partial charge in [0, 0.05) is 18.5 Å². The first-order valence-electron chi connectivity index (χ1n) is 6.02. The average molecular weight is 258 g/mol. The van der Waals surface area contributed by atoms with Crippen LogP contribution in [0.1, 0.15) is 37.4 Å². The predicted octanol–water partition coefficient (Wildman–Crippen LogP) is 1.43. The van der Waals surface area contributed by atoms with Gasteiger partial charge in [0.05, 0.1) is 5.69 Å². The molecule has 1 atom stereocenters. The Morgan fingerprint density at radius 1 is 1.47 bits per heavy atom. The van der Waals surface area contributed by atoms with Crippen molar-refractivity contribution >= 4 is 12.4 Å². The number of halogens is 1. The Kier molecular flexibility index (Phi) is 5.15. The minimum Gasteiger partial charge on any atom is -0.311 e. The normalized spacial score (nSPS) is 15.9. The van der Waals surface area contributed by atoms with Crippen LogP contribution in [0.5, 0.6) is 0 Å². The van der Waals surface area contributed by atoms with Gasteiger partial charge in [-0.3, -0.25) is 4.79 Å². The molecule has 0 aromatic carbocycles. The van der Waals surface area contributed by atoms with Crippen LogP contribution in [0.2, 0.25) is 0 Å². The Morgan fingerprint density at radius 3 is 2.94 bits per heavy atom. The third-order valence-corrected chi connectivity index (χ3v) is 3.23. The molecule has 1 aliphatic heterocycles. The van der Waals surface area contributed by atoms with Gasteiger partial charge in [-0.05, 0) is 18.9 Å². The summed E-state index contributed by atoms with van der Waals surface area (Å²) in [6, 6.07) is 0. The first-order chi connectivity index (χ1) is 7.70. The van der Waals surface area contributed by atoms with Crippen molar-refractivity contribution in [2.75, 3.05) is 6.54 Å². The number of nitrogens with one attached hydrogen (secondary N) is 2. The van der Waals surface area contributed by atoms with E-state index >= 15 is 0 Å². The number of aromatic amines is 1. The van der Waals surface area contributed by atoms with Gasteiger partial charge in [-0.2, -0.15) is 0 Å². The van der Waals surface area contributed by atoms with Crippen LogP contribution in [0.3, 0.4) is 0 Å². The molecule has 0 aliphatic carbocycles. The standard InChI is InChI=1S/C12H19N3O.ClH/c1-3-8(2)6-11-14-10-7-13-5-4-9(10)12(16)15-11;/h8,13H,3-7H2,1-2H3,(H,14,15,16);1H. The zero-order chi connectivity index (χ0) is 11.5. The van der Waals surface area contributed by atoms with E-state index in [0.29, 0.717) is 5.92 Å². The second-order valence-corrected chi connectivity index (χ2v) is 4.58. The monoisotopic (exact) mass is 257 g/mol. The fourth-order valence-corrected chi connectivity index (χ4v) is 1.99. The van der Waals surface area contributed by atoms with Gasteiger partial charge in [0.25, 0.3) is 5.56 Å². The number of nitrogens with zero attached hydrogens (tertiary/aromatic N) is 1. The summed E-state index contributed by atoms with van der Waals surface area (Å²) < 4.78 is 0. The largest absolute Gasteiger partial charge is 0.311 e. The van der Waals surface area contributed by atoms with Gasteiger partial charge in [-0.25, -0.2) is 4.98 Å². The third-order valence-electron chi connectivity index (χ3n) is 3.23. The van der Waals surface area contributed by atoms with Gasteiger partial charge in [-0.15, -0.1) is 12.4 Å². The summed E-state index contributed by atoms with van der Waals surface area (Å²) in [5.74, 6) is 1.40. The Morgan fingerprint density at radius 2 is 2.24 bits per heavy atom. The molecule has 0 bridgehead atoms. The molecular formula is C12H20ClN3O. The lowest BCUT2D eigenvalue weighted by Gasteiger charge is -2.16. The number of H-pyrrole nitrogens is 1. The fourth-order valence-electron chi connectivity index (χ4n) is 1.99. The second kappa shape index (κ2) is 6.17. The second-order valence-electron chi connectivity index (χ2n) is 4.58. The Labute approximate surface area is 108 Å². The molecule has 0 spiro atoms. The van der Waals surface area contributed by atoms with E-state index in [-0.39, 0.29) is 18.0 Å². The molecule has 5 heteroatoms. The maximum atomic E-state index is 11.8. The van der Waals surface area contributed by atoms with Crippen LogP contribution < -0.4 is 10.9 Å². The first kappa shape index (κ1) is 14.2. The van der Waals surface area contributed by atoms with Gasteiger partial charge in [0.2, 0.25) is 0 Å². The van der Waals surface area contributed by atoms with Crippen molar-refractivity contribution in [3.05, 3.63) is 27.4 Å². The lowest BCUT2D eigenvalue weighted by Crippen LogP contribution is -2.32. The highest BCUT2D eigenvalue weighted by molar-refractivity contribution is 5.85. The fraction of sp³-hybridized carbons (Fsp3) is 0.667. The van der Waals surface area contributed by atoms with Crippen molar-refractivity contribution in [3.8, 4) is 0 Å². The quantitative estimate of drug-likeness (QED) is 0.861. The Hall–Kier alpha value is -0.870. The molecule has 0 saturated heterocycles. The molecule has 0 amide bonds. The molecule has 0 saturated carbocycles. The van der Waals surface area contributed by atoms with Crippen LogP contribution >= 0.6 is 12.4 Å². The van der Waals surface area contributed by atoms with Crippen LogP contribution in [0, 0.1) is 5.92 Å². The van der Waals surface area contributed by atoms with Gasteiger partial charge >= 0.3 is 0 Å². The van der Waals surface area contributed by atoms with Crippen LogP contribution in [0.4, 0.5) is 0 Å². The predicted molar refractivity (Wildman–Crippen MR) is 70.7 cm³/mol. The van der Waals surface area contributed by atoms with Crippen LogP contribution in [-0.4, -0.2) is 16.5 Å². The van der Waals surface area contributed by atoms with Gasteiger partial charge in [0.1, 0.15) is 5.82 Å². The molecule has 1 aliphatic rings. The number of hydrogen-bond acceptors (Lipinski definition) is 3. The van der Waals surface area contributed by atoms with E-state index in [4.69, 9.17) is 0 Å². The molecule has 0 radical (unpaired) electrons. The molecular weight excluding hydrogens is 238 g/mol. The molecule has 2 rings (SSSR count). The van der Waals surface area contributed by atoms with Crippen LogP contribution in [0.25, 0.3) is 0 Å². The highest BCUT2D eigenvalue weighted by Gasteiger charge is 2.15. The van der Waals surface area contributed by atoms with E-state index in [2.05, 4.69) is 29.1 Å². The maximum absolute atomic E-state index is 11.8. The van der Waals surface area contributed by atoms with Crippen molar-refractivity contribution in [2.24, 2.45) is 5.92 Å².